The van der Waals surface area contributed by atoms with E-state index in [1.165, 1.54) is 12.8 Å². The third-order valence-electron chi connectivity index (χ3n) is 3.37. The van der Waals surface area contributed by atoms with Gasteiger partial charge in [0.15, 0.2) is 0 Å². The Morgan fingerprint density at radius 2 is 2.28 bits per heavy atom. The van der Waals surface area contributed by atoms with E-state index >= 15 is 0 Å². The molecular weight excluding hydrogens is 230 g/mol. The van der Waals surface area contributed by atoms with Gasteiger partial charge in [0.2, 0.25) is 5.91 Å². The molecule has 1 aliphatic carbocycles. The van der Waals surface area contributed by atoms with E-state index in [1.54, 1.807) is 7.11 Å². The van der Waals surface area contributed by atoms with Gasteiger partial charge in [-0.3, -0.25) is 9.69 Å². The van der Waals surface area contributed by atoms with Gasteiger partial charge < -0.3 is 15.8 Å². The molecule has 5 heteroatoms. The van der Waals surface area contributed by atoms with Crippen molar-refractivity contribution in [2.45, 2.75) is 44.7 Å². The van der Waals surface area contributed by atoms with Crippen molar-refractivity contribution < 1.29 is 9.53 Å². The second-order valence-corrected chi connectivity index (χ2v) is 4.89. The zero-order valence-corrected chi connectivity index (χ0v) is 11.7. The average Bonchev–Trinajstić information content (AvgIpc) is 3.18. The maximum Gasteiger partial charge on any atom is 0.236 e. The van der Waals surface area contributed by atoms with Crippen LogP contribution in [0.4, 0.5) is 0 Å². The summed E-state index contributed by atoms with van der Waals surface area (Å²) in [7, 11) is 1.66. The normalized spacial score (nSPS) is 16.9. The molecule has 1 amide bonds. The van der Waals surface area contributed by atoms with Crippen LogP contribution in [-0.2, 0) is 9.53 Å². The zero-order chi connectivity index (χ0) is 13.4. The summed E-state index contributed by atoms with van der Waals surface area (Å²) in [6.07, 6.45) is 4.12. The average molecular weight is 257 g/mol. The van der Waals surface area contributed by atoms with Gasteiger partial charge in [-0.15, -0.1) is 0 Å². The smallest absolute Gasteiger partial charge is 0.236 e. The monoisotopic (exact) mass is 257 g/mol. The van der Waals surface area contributed by atoms with E-state index in [2.05, 4.69) is 17.1 Å². The van der Waals surface area contributed by atoms with Crippen LogP contribution in [0.15, 0.2) is 0 Å². The van der Waals surface area contributed by atoms with Crippen molar-refractivity contribution >= 4 is 5.91 Å². The van der Waals surface area contributed by atoms with Crippen molar-refractivity contribution in [3.05, 3.63) is 0 Å². The van der Waals surface area contributed by atoms with E-state index in [9.17, 15) is 4.79 Å². The molecule has 1 saturated carbocycles. The number of nitrogens with two attached hydrogens (primary N) is 1. The second kappa shape index (κ2) is 8.45. The highest BCUT2D eigenvalue weighted by molar-refractivity contribution is 5.81. The summed E-state index contributed by atoms with van der Waals surface area (Å²) in [6, 6.07) is 0.346. The lowest BCUT2D eigenvalue weighted by Crippen LogP contribution is -2.44. The van der Waals surface area contributed by atoms with Crippen LogP contribution in [0.1, 0.15) is 32.6 Å². The molecule has 0 heterocycles. The van der Waals surface area contributed by atoms with Crippen molar-refractivity contribution in [2.75, 3.05) is 33.4 Å². The summed E-state index contributed by atoms with van der Waals surface area (Å²) < 4.78 is 4.94. The minimum Gasteiger partial charge on any atom is -0.385 e. The van der Waals surface area contributed by atoms with E-state index in [0.29, 0.717) is 19.6 Å². The van der Waals surface area contributed by atoms with Gasteiger partial charge in [-0.05, 0) is 32.2 Å². The van der Waals surface area contributed by atoms with Gasteiger partial charge in [-0.2, -0.15) is 0 Å². The molecule has 3 N–H and O–H groups in total. The molecule has 1 atom stereocenters. The summed E-state index contributed by atoms with van der Waals surface area (Å²) in [5.41, 5.74) is 5.80. The lowest BCUT2D eigenvalue weighted by molar-refractivity contribution is -0.122. The quantitative estimate of drug-likeness (QED) is 0.554. The number of rotatable bonds is 10. The molecule has 18 heavy (non-hydrogen) atoms. The molecule has 1 fully saturated rings. The van der Waals surface area contributed by atoms with Gasteiger partial charge >= 0.3 is 0 Å². The second-order valence-electron chi connectivity index (χ2n) is 4.89. The standard InChI is InChI=1S/C13H27N3O2/c1-3-16(11-6-7-11)9-8-15-13(17)12(14)5-4-10-18-2/h11-12H,3-10,14H2,1-2H3,(H,15,17). The molecule has 0 aromatic carbocycles. The van der Waals surface area contributed by atoms with Gasteiger partial charge in [0.25, 0.3) is 0 Å². The number of hydrogen-bond acceptors (Lipinski definition) is 4. The largest absolute Gasteiger partial charge is 0.385 e. The van der Waals surface area contributed by atoms with Gasteiger partial charge in [-0.1, -0.05) is 6.92 Å². The van der Waals surface area contributed by atoms with Crippen LogP contribution in [0.25, 0.3) is 0 Å². The molecule has 0 aliphatic heterocycles. The fraction of sp³-hybridized carbons (Fsp3) is 0.923. The fourth-order valence-corrected chi connectivity index (χ4v) is 2.07. The number of carbonyl (C=O) groups is 1. The molecule has 1 aliphatic rings. The molecule has 106 valence electrons. The SMILES string of the molecule is CCN(CCNC(=O)C(N)CCCOC)C1CC1. The fourth-order valence-electron chi connectivity index (χ4n) is 2.07. The van der Waals surface area contributed by atoms with Gasteiger partial charge in [0, 0.05) is 32.8 Å². The van der Waals surface area contributed by atoms with Crippen LogP contribution in [0.2, 0.25) is 0 Å². The first kappa shape index (κ1) is 15.4. The topological polar surface area (TPSA) is 67.6 Å². The van der Waals surface area contributed by atoms with Crippen molar-refractivity contribution in [1.29, 1.82) is 0 Å². The number of ether oxygens (including phenoxy) is 1. The van der Waals surface area contributed by atoms with Gasteiger partial charge in [-0.25, -0.2) is 0 Å². The molecule has 0 saturated heterocycles. The predicted octanol–water partition coefficient (Wildman–Crippen LogP) is 0.341. The van der Waals surface area contributed by atoms with E-state index in [4.69, 9.17) is 10.5 Å². The number of nitrogens with zero attached hydrogens (tertiary/aromatic N) is 1. The molecule has 0 radical (unpaired) electrons. The lowest BCUT2D eigenvalue weighted by Gasteiger charge is -2.20. The van der Waals surface area contributed by atoms with Gasteiger partial charge in [0.05, 0.1) is 6.04 Å². The van der Waals surface area contributed by atoms with E-state index < -0.39 is 6.04 Å². The Bertz CT molecular complexity index is 244. The highest BCUT2D eigenvalue weighted by atomic mass is 16.5. The Labute approximate surface area is 110 Å². The summed E-state index contributed by atoms with van der Waals surface area (Å²) in [6.45, 7) is 5.50. The highest BCUT2D eigenvalue weighted by Crippen LogP contribution is 2.25. The first-order valence-corrected chi connectivity index (χ1v) is 6.95. The number of carbonyl (C=O) groups excluding carboxylic acids is 1. The maximum atomic E-state index is 11.7. The number of amides is 1. The van der Waals surface area contributed by atoms with Crippen LogP contribution in [-0.4, -0.2) is 56.2 Å². The van der Waals surface area contributed by atoms with E-state index in [-0.39, 0.29) is 5.91 Å². The number of methoxy groups -OCH3 is 1. The van der Waals surface area contributed by atoms with Crippen molar-refractivity contribution in [3.63, 3.8) is 0 Å². The van der Waals surface area contributed by atoms with Crippen molar-refractivity contribution in [3.8, 4) is 0 Å². The van der Waals surface area contributed by atoms with Crippen LogP contribution >= 0.6 is 0 Å². The van der Waals surface area contributed by atoms with Crippen LogP contribution in [0.5, 0.6) is 0 Å². The molecule has 1 rings (SSSR count). The zero-order valence-electron chi connectivity index (χ0n) is 11.7. The van der Waals surface area contributed by atoms with Crippen LogP contribution < -0.4 is 11.1 Å². The summed E-state index contributed by atoms with van der Waals surface area (Å²) in [5.74, 6) is -0.0436. The minimum absolute atomic E-state index is 0.0436. The number of likely N-dealkylation sites (N-methyl/N-ethyl adjacent to an activating group) is 1. The third-order valence-corrected chi connectivity index (χ3v) is 3.37. The summed E-state index contributed by atoms with van der Waals surface area (Å²) >= 11 is 0. The Morgan fingerprint density at radius 1 is 1.56 bits per heavy atom. The van der Waals surface area contributed by atoms with Crippen molar-refractivity contribution in [1.82, 2.24) is 10.2 Å². The Hall–Kier alpha value is -0.650. The molecular formula is C13H27N3O2. The number of hydrogen-bond donors (Lipinski definition) is 2. The highest BCUT2D eigenvalue weighted by Gasteiger charge is 2.27. The molecule has 0 bridgehead atoms. The maximum absolute atomic E-state index is 11.7. The molecule has 5 nitrogen and oxygen atoms in total. The lowest BCUT2D eigenvalue weighted by atomic mass is 10.1. The van der Waals surface area contributed by atoms with Gasteiger partial charge in [0.1, 0.15) is 0 Å². The molecule has 0 aromatic rings. The van der Waals surface area contributed by atoms with Crippen LogP contribution in [0.3, 0.4) is 0 Å². The Kier molecular flexibility index (Phi) is 7.23. The molecule has 0 spiro atoms. The van der Waals surface area contributed by atoms with Crippen LogP contribution in [0, 0.1) is 0 Å². The Morgan fingerprint density at radius 3 is 2.83 bits per heavy atom. The van der Waals surface area contributed by atoms with Crippen molar-refractivity contribution in [2.24, 2.45) is 5.73 Å². The summed E-state index contributed by atoms with van der Waals surface area (Å²) in [5, 5.41) is 2.91. The van der Waals surface area contributed by atoms with E-state index in [1.807, 2.05) is 0 Å². The molecule has 0 aromatic heterocycles. The minimum atomic E-state index is -0.406. The van der Waals surface area contributed by atoms with E-state index in [0.717, 1.165) is 25.6 Å². The third kappa shape index (κ3) is 5.80. The predicted molar refractivity (Wildman–Crippen MR) is 72.4 cm³/mol. The Balaban J connectivity index is 2.07. The number of nitrogens with one attached hydrogen (secondary N) is 1. The first-order chi connectivity index (χ1) is 8.69. The summed E-state index contributed by atoms with van der Waals surface area (Å²) in [4.78, 5) is 14.1. The first-order valence-electron chi connectivity index (χ1n) is 6.95. The molecule has 1 unspecified atom stereocenters.